The quantitative estimate of drug-likeness (QED) is 0.502. The number of halogens is 3. The molecule has 0 saturated heterocycles. The molecule has 0 unspecified atom stereocenters. The third-order valence-corrected chi connectivity index (χ3v) is 4.67. The van der Waals surface area contributed by atoms with E-state index in [9.17, 15) is 0 Å². The summed E-state index contributed by atoms with van der Waals surface area (Å²) >= 11 is 23.7. The lowest BCUT2D eigenvalue weighted by atomic mass is 10.2. The Morgan fingerprint density at radius 1 is 1.04 bits per heavy atom. The van der Waals surface area contributed by atoms with E-state index >= 15 is 0 Å². The summed E-state index contributed by atoms with van der Waals surface area (Å²) in [6.07, 6.45) is 1.71. The molecule has 3 aromatic rings. The van der Waals surface area contributed by atoms with Crippen molar-refractivity contribution in [1.82, 2.24) is 9.78 Å². The van der Waals surface area contributed by atoms with Gasteiger partial charge in [0.25, 0.3) is 0 Å². The summed E-state index contributed by atoms with van der Waals surface area (Å²) in [7, 11) is 0. The molecule has 3 rings (SSSR count). The molecule has 0 radical (unpaired) electrons. The molecule has 0 spiro atoms. The van der Waals surface area contributed by atoms with Crippen LogP contribution in [0.3, 0.4) is 0 Å². The van der Waals surface area contributed by atoms with Crippen molar-refractivity contribution in [1.29, 1.82) is 0 Å². The van der Waals surface area contributed by atoms with Gasteiger partial charge in [0.15, 0.2) is 10.9 Å². The van der Waals surface area contributed by atoms with Crippen molar-refractivity contribution in [3.63, 3.8) is 0 Å². The first-order valence-corrected chi connectivity index (χ1v) is 9.26. The monoisotopic (exact) mass is 424 g/mol. The number of aromatic nitrogens is 2. The molecule has 0 aliphatic heterocycles. The van der Waals surface area contributed by atoms with Crippen LogP contribution >= 0.6 is 47.0 Å². The third-order valence-electron chi connectivity index (χ3n) is 3.61. The van der Waals surface area contributed by atoms with Gasteiger partial charge in [0.05, 0.1) is 6.54 Å². The lowest BCUT2D eigenvalue weighted by Gasteiger charge is -2.09. The van der Waals surface area contributed by atoms with Crippen molar-refractivity contribution < 1.29 is 0 Å². The Bertz CT molecular complexity index is 938. The number of hydrogen-bond acceptors (Lipinski definition) is 2. The number of nitrogens with one attached hydrogen (secondary N) is 2. The molecule has 1 heterocycles. The van der Waals surface area contributed by atoms with Gasteiger partial charge < -0.3 is 10.6 Å². The van der Waals surface area contributed by atoms with Crippen molar-refractivity contribution in [2.24, 2.45) is 0 Å². The van der Waals surface area contributed by atoms with Crippen molar-refractivity contribution in [2.75, 3.05) is 10.6 Å². The zero-order valence-corrected chi connectivity index (χ0v) is 16.8. The van der Waals surface area contributed by atoms with Gasteiger partial charge >= 0.3 is 0 Å². The lowest BCUT2D eigenvalue weighted by Crippen LogP contribution is -2.19. The molecule has 0 saturated carbocycles. The number of hydrogen-bond donors (Lipinski definition) is 2. The molecule has 0 amide bonds. The first-order chi connectivity index (χ1) is 12.4. The Morgan fingerprint density at radius 3 is 2.46 bits per heavy atom. The van der Waals surface area contributed by atoms with Crippen molar-refractivity contribution in [3.8, 4) is 0 Å². The first-order valence-electron chi connectivity index (χ1n) is 7.72. The Morgan fingerprint density at radius 2 is 1.77 bits per heavy atom. The Labute approximate surface area is 172 Å². The Hall–Kier alpha value is -1.79. The Balaban J connectivity index is 1.67. The Kier molecular flexibility index (Phi) is 6.04. The highest BCUT2D eigenvalue weighted by Crippen LogP contribution is 2.24. The largest absolute Gasteiger partial charge is 0.332 e. The fraction of sp³-hybridized carbons (Fsp3) is 0.111. The van der Waals surface area contributed by atoms with Gasteiger partial charge in [-0.05, 0) is 49.0 Å². The van der Waals surface area contributed by atoms with Crippen LogP contribution < -0.4 is 10.6 Å². The molecule has 0 atom stereocenters. The SMILES string of the molecule is Cc1ccc(NC(=S)Nc2nn(Cc3ccc(Cl)cc3Cl)cc2Cl)cc1. The second-order valence-corrected chi connectivity index (χ2v) is 7.36. The van der Waals surface area contributed by atoms with Gasteiger partial charge in [-0.3, -0.25) is 4.68 Å². The highest BCUT2D eigenvalue weighted by molar-refractivity contribution is 7.80. The van der Waals surface area contributed by atoms with E-state index in [-0.39, 0.29) is 0 Å². The fourth-order valence-corrected chi connectivity index (χ4v) is 3.17. The molecule has 2 aromatic carbocycles. The van der Waals surface area contributed by atoms with Gasteiger partial charge in [0.2, 0.25) is 0 Å². The van der Waals surface area contributed by atoms with E-state index in [1.165, 1.54) is 5.56 Å². The molecule has 0 aliphatic rings. The van der Waals surface area contributed by atoms with Crippen LogP contribution in [0.1, 0.15) is 11.1 Å². The van der Waals surface area contributed by atoms with Crippen LogP contribution in [0.15, 0.2) is 48.7 Å². The number of benzene rings is 2. The van der Waals surface area contributed by atoms with E-state index in [4.69, 9.17) is 47.0 Å². The van der Waals surface area contributed by atoms with Gasteiger partial charge in [0, 0.05) is 21.9 Å². The van der Waals surface area contributed by atoms with E-state index in [2.05, 4.69) is 15.7 Å². The minimum atomic E-state index is 0.408. The molecule has 26 heavy (non-hydrogen) atoms. The van der Waals surface area contributed by atoms with Crippen LogP contribution in [-0.4, -0.2) is 14.9 Å². The number of aryl methyl sites for hydroxylation is 1. The highest BCUT2D eigenvalue weighted by atomic mass is 35.5. The number of nitrogens with zero attached hydrogens (tertiary/aromatic N) is 2. The maximum absolute atomic E-state index is 6.26. The summed E-state index contributed by atoms with van der Waals surface area (Å²) in [5.41, 5.74) is 2.95. The van der Waals surface area contributed by atoms with Gasteiger partial charge in [0.1, 0.15) is 5.02 Å². The minimum absolute atomic E-state index is 0.408. The number of rotatable bonds is 4. The van der Waals surface area contributed by atoms with Crippen LogP contribution in [0.2, 0.25) is 15.1 Å². The van der Waals surface area contributed by atoms with E-state index in [1.54, 1.807) is 23.0 Å². The predicted molar refractivity (Wildman–Crippen MR) is 114 cm³/mol. The molecular formula is C18H15Cl3N4S. The fourth-order valence-electron chi connectivity index (χ4n) is 2.29. The summed E-state index contributed by atoms with van der Waals surface area (Å²) in [6, 6.07) is 13.2. The molecule has 1 aromatic heterocycles. The lowest BCUT2D eigenvalue weighted by molar-refractivity contribution is 0.690. The molecule has 134 valence electrons. The van der Waals surface area contributed by atoms with E-state index in [1.807, 2.05) is 37.3 Å². The molecule has 0 fully saturated rings. The summed E-state index contributed by atoms with van der Waals surface area (Å²) in [5, 5.41) is 12.6. The molecule has 2 N–H and O–H groups in total. The predicted octanol–water partition coefficient (Wildman–Crippen LogP) is 6.01. The summed E-state index contributed by atoms with van der Waals surface area (Å²) in [6.45, 7) is 2.50. The normalized spacial score (nSPS) is 10.6. The van der Waals surface area contributed by atoms with Crippen LogP contribution in [0, 0.1) is 6.92 Å². The zero-order chi connectivity index (χ0) is 18.7. The number of thiocarbonyl (C=S) groups is 1. The maximum atomic E-state index is 6.26. The molecule has 8 heteroatoms. The average Bonchev–Trinajstić information content (AvgIpc) is 2.92. The van der Waals surface area contributed by atoms with Gasteiger partial charge in [-0.2, -0.15) is 5.10 Å². The number of anilines is 2. The van der Waals surface area contributed by atoms with Gasteiger partial charge in [-0.25, -0.2) is 0 Å². The average molecular weight is 426 g/mol. The molecular weight excluding hydrogens is 411 g/mol. The van der Waals surface area contributed by atoms with E-state index in [0.717, 1.165) is 11.3 Å². The van der Waals surface area contributed by atoms with Crippen LogP contribution in [0.25, 0.3) is 0 Å². The standard InChI is InChI=1S/C18H15Cl3N4S/c1-11-2-6-14(7-3-11)22-18(26)23-17-16(21)10-25(24-17)9-12-4-5-13(19)8-15(12)20/h2-8,10H,9H2,1H3,(H2,22,23,24,26). The summed E-state index contributed by atoms with van der Waals surface area (Å²) in [4.78, 5) is 0. The maximum Gasteiger partial charge on any atom is 0.176 e. The third kappa shape index (κ3) is 4.89. The van der Waals surface area contributed by atoms with Crippen LogP contribution in [-0.2, 0) is 6.54 Å². The smallest absolute Gasteiger partial charge is 0.176 e. The van der Waals surface area contributed by atoms with Gasteiger partial charge in [-0.15, -0.1) is 0 Å². The van der Waals surface area contributed by atoms with Crippen LogP contribution in [0.4, 0.5) is 11.5 Å². The second-order valence-electron chi connectivity index (χ2n) is 5.70. The molecule has 4 nitrogen and oxygen atoms in total. The summed E-state index contributed by atoms with van der Waals surface area (Å²) < 4.78 is 1.69. The molecule has 0 bridgehead atoms. The van der Waals surface area contributed by atoms with Crippen molar-refractivity contribution in [3.05, 3.63) is 74.9 Å². The van der Waals surface area contributed by atoms with Crippen molar-refractivity contribution in [2.45, 2.75) is 13.5 Å². The second kappa shape index (κ2) is 8.27. The zero-order valence-electron chi connectivity index (χ0n) is 13.8. The minimum Gasteiger partial charge on any atom is -0.332 e. The van der Waals surface area contributed by atoms with E-state index < -0.39 is 0 Å². The van der Waals surface area contributed by atoms with Crippen LogP contribution in [0.5, 0.6) is 0 Å². The topological polar surface area (TPSA) is 41.9 Å². The van der Waals surface area contributed by atoms with Gasteiger partial charge in [-0.1, -0.05) is 58.6 Å². The summed E-state index contributed by atoms with van der Waals surface area (Å²) in [5.74, 6) is 0.473. The first kappa shape index (κ1) is 19.0. The van der Waals surface area contributed by atoms with Crippen molar-refractivity contribution >= 4 is 63.6 Å². The van der Waals surface area contributed by atoms with E-state index in [0.29, 0.717) is 32.5 Å². The molecule has 0 aliphatic carbocycles. The highest BCUT2D eigenvalue weighted by Gasteiger charge is 2.10.